The molecule has 152 valence electrons. The third kappa shape index (κ3) is 4.04. The summed E-state index contributed by atoms with van der Waals surface area (Å²) in [5.74, 6) is 0.648. The van der Waals surface area contributed by atoms with Gasteiger partial charge in [-0.25, -0.2) is 15.0 Å². The molecule has 0 saturated heterocycles. The van der Waals surface area contributed by atoms with Gasteiger partial charge in [-0.3, -0.25) is 14.5 Å². The van der Waals surface area contributed by atoms with Crippen LogP contribution in [0.4, 0.5) is 17.5 Å². The van der Waals surface area contributed by atoms with E-state index in [2.05, 4.69) is 34.3 Å². The van der Waals surface area contributed by atoms with Gasteiger partial charge in [0.05, 0.1) is 10.6 Å². The van der Waals surface area contributed by atoms with Gasteiger partial charge in [-0.2, -0.15) is 0 Å². The quantitative estimate of drug-likeness (QED) is 0.274. The summed E-state index contributed by atoms with van der Waals surface area (Å²) >= 11 is 0. The van der Waals surface area contributed by atoms with Gasteiger partial charge >= 0.3 is 5.69 Å². The van der Waals surface area contributed by atoms with Crippen molar-refractivity contribution in [3.05, 3.63) is 76.2 Å². The van der Waals surface area contributed by atoms with Crippen molar-refractivity contribution in [2.24, 2.45) is 0 Å². The van der Waals surface area contributed by atoms with E-state index < -0.39 is 4.92 Å². The summed E-state index contributed by atoms with van der Waals surface area (Å²) in [6, 6.07) is 13.2. The molecule has 0 spiro atoms. The number of hydrogen-bond acceptors (Lipinski definition) is 7. The minimum atomic E-state index is -0.531. The lowest BCUT2D eigenvalue weighted by atomic mass is 10.1. The summed E-state index contributed by atoms with van der Waals surface area (Å²) in [6.07, 6.45) is 5.00. The smallest absolute Gasteiger partial charge is 0.311 e. The first-order chi connectivity index (χ1) is 14.5. The maximum absolute atomic E-state index is 10.8. The second kappa shape index (κ2) is 8.16. The van der Waals surface area contributed by atoms with E-state index in [0.29, 0.717) is 24.6 Å². The molecule has 0 amide bonds. The Morgan fingerprint density at radius 2 is 1.97 bits per heavy atom. The minimum Gasteiger partial charge on any atom is -0.378 e. The Bertz CT molecular complexity index is 1200. The number of nitrogens with two attached hydrogens (primary N) is 1. The Morgan fingerprint density at radius 1 is 1.17 bits per heavy atom. The molecule has 0 aliphatic carbocycles. The van der Waals surface area contributed by atoms with Crippen molar-refractivity contribution in [2.75, 3.05) is 17.6 Å². The monoisotopic (exact) mass is 403 g/mol. The second-order valence-corrected chi connectivity index (χ2v) is 6.98. The highest BCUT2D eigenvalue weighted by Crippen LogP contribution is 2.22. The van der Waals surface area contributed by atoms with Crippen molar-refractivity contribution < 1.29 is 4.92 Å². The molecule has 9 heteroatoms. The third-order valence-corrected chi connectivity index (χ3v) is 4.79. The van der Waals surface area contributed by atoms with Gasteiger partial charge in [-0.15, -0.1) is 0 Å². The van der Waals surface area contributed by atoms with Crippen molar-refractivity contribution in [1.82, 2.24) is 19.4 Å². The van der Waals surface area contributed by atoms with E-state index >= 15 is 0 Å². The van der Waals surface area contributed by atoms with Gasteiger partial charge in [0.2, 0.25) is 11.8 Å². The van der Waals surface area contributed by atoms with Gasteiger partial charge < -0.3 is 11.1 Å². The van der Waals surface area contributed by atoms with E-state index in [1.165, 1.54) is 11.6 Å². The molecule has 0 unspecified atom stereocenters. The molecule has 0 saturated carbocycles. The molecule has 0 aliphatic heterocycles. The fourth-order valence-electron chi connectivity index (χ4n) is 3.19. The lowest BCUT2D eigenvalue weighted by Gasteiger charge is -2.11. The average molecular weight is 403 g/mol. The van der Waals surface area contributed by atoms with Crippen LogP contribution in [0.1, 0.15) is 17.7 Å². The fraction of sp³-hybridized carbons (Fsp3) is 0.190. The van der Waals surface area contributed by atoms with Gasteiger partial charge in [0.15, 0.2) is 0 Å². The lowest BCUT2D eigenvalue weighted by Crippen LogP contribution is -2.10. The van der Waals surface area contributed by atoms with E-state index in [0.717, 1.165) is 23.3 Å². The number of pyridine rings is 1. The Balaban J connectivity index is 1.46. The zero-order valence-electron chi connectivity index (χ0n) is 16.4. The number of nitrogens with one attached hydrogen (secondary N) is 1. The van der Waals surface area contributed by atoms with Gasteiger partial charge in [-0.1, -0.05) is 29.8 Å². The molecule has 0 aliphatic rings. The van der Waals surface area contributed by atoms with Crippen molar-refractivity contribution in [3.8, 4) is 11.3 Å². The number of imidazole rings is 1. The normalized spacial score (nSPS) is 11.0. The van der Waals surface area contributed by atoms with Crippen LogP contribution in [0.15, 0.2) is 54.9 Å². The lowest BCUT2D eigenvalue weighted by molar-refractivity contribution is -0.384. The summed E-state index contributed by atoms with van der Waals surface area (Å²) in [5, 5.41) is 14.2. The number of aromatic nitrogens is 4. The number of nitrogens with zero attached hydrogens (tertiary/aromatic N) is 5. The van der Waals surface area contributed by atoms with Crippen molar-refractivity contribution in [1.29, 1.82) is 0 Å². The summed E-state index contributed by atoms with van der Waals surface area (Å²) in [7, 11) is 0. The number of hydrogen-bond donors (Lipinski definition) is 2. The van der Waals surface area contributed by atoms with Gasteiger partial charge in [0.25, 0.3) is 0 Å². The molecule has 3 heterocycles. The predicted octanol–water partition coefficient (Wildman–Crippen LogP) is 3.63. The van der Waals surface area contributed by atoms with E-state index in [1.54, 1.807) is 12.3 Å². The molecular formula is C21H21N7O2. The van der Waals surface area contributed by atoms with Crippen LogP contribution in [-0.4, -0.2) is 30.8 Å². The molecule has 0 radical (unpaired) electrons. The predicted molar refractivity (Wildman–Crippen MR) is 115 cm³/mol. The average Bonchev–Trinajstić information content (AvgIpc) is 3.20. The fourth-order valence-corrected chi connectivity index (χ4v) is 3.19. The first kappa shape index (κ1) is 19.3. The molecule has 1 aromatic carbocycles. The molecule has 0 atom stereocenters. The minimum absolute atomic E-state index is 0.0574. The van der Waals surface area contributed by atoms with Crippen LogP contribution < -0.4 is 11.1 Å². The molecule has 0 bridgehead atoms. The Hall–Kier alpha value is -4.01. The molecule has 0 fully saturated rings. The maximum atomic E-state index is 10.8. The highest BCUT2D eigenvalue weighted by Gasteiger charge is 2.13. The SMILES string of the molecule is Cc1ccc(-c2cc3nccn3c(NCCCc3ccc([N+](=O)[O-])c(N)n3)n2)cc1. The van der Waals surface area contributed by atoms with E-state index in [1.807, 2.05) is 28.8 Å². The van der Waals surface area contributed by atoms with E-state index in [9.17, 15) is 10.1 Å². The first-order valence-corrected chi connectivity index (χ1v) is 9.56. The van der Waals surface area contributed by atoms with Crippen LogP contribution in [0.25, 0.3) is 16.9 Å². The number of fused-ring (bicyclic) bond motifs is 1. The summed E-state index contributed by atoms with van der Waals surface area (Å²) < 4.78 is 1.90. The Morgan fingerprint density at radius 3 is 2.70 bits per heavy atom. The standard InChI is InChI=1S/C21H21N7O2/c1-14-4-6-15(7-5-14)17-13-19-23-11-12-27(19)21(26-17)24-10-2-3-16-8-9-18(28(29)30)20(22)25-16/h4-9,11-13H,2-3,10H2,1H3,(H2,22,25)(H,24,26). The largest absolute Gasteiger partial charge is 0.378 e. The topological polar surface area (TPSA) is 124 Å². The molecule has 3 N–H and O–H groups in total. The number of nitro groups is 1. The number of nitrogen functional groups attached to an aromatic ring is 1. The highest BCUT2D eigenvalue weighted by molar-refractivity contribution is 5.66. The molecule has 9 nitrogen and oxygen atoms in total. The van der Waals surface area contributed by atoms with Crippen LogP contribution in [0.2, 0.25) is 0 Å². The molecule has 4 rings (SSSR count). The van der Waals surface area contributed by atoms with Gasteiger partial charge in [0, 0.05) is 42.3 Å². The first-order valence-electron chi connectivity index (χ1n) is 9.56. The van der Waals surface area contributed by atoms with Crippen molar-refractivity contribution in [2.45, 2.75) is 19.8 Å². The van der Waals surface area contributed by atoms with E-state index in [4.69, 9.17) is 10.7 Å². The van der Waals surface area contributed by atoms with Gasteiger partial charge in [0.1, 0.15) is 5.65 Å². The number of anilines is 2. The molecule has 4 aromatic rings. The zero-order chi connectivity index (χ0) is 21.1. The molecule has 3 aromatic heterocycles. The Kier molecular flexibility index (Phi) is 5.25. The van der Waals surface area contributed by atoms with E-state index in [-0.39, 0.29) is 11.5 Å². The number of aryl methyl sites for hydroxylation is 2. The third-order valence-electron chi connectivity index (χ3n) is 4.79. The van der Waals surface area contributed by atoms with Crippen LogP contribution in [-0.2, 0) is 6.42 Å². The van der Waals surface area contributed by atoms with Crippen LogP contribution in [0, 0.1) is 17.0 Å². The van der Waals surface area contributed by atoms with Crippen LogP contribution in [0.5, 0.6) is 0 Å². The number of benzene rings is 1. The number of rotatable bonds is 7. The molecule has 30 heavy (non-hydrogen) atoms. The van der Waals surface area contributed by atoms with Crippen LogP contribution >= 0.6 is 0 Å². The second-order valence-electron chi connectivity index (χ2n) is 6.98. The summed E-state index contributed by atoms with van der Waals surface area (Å²) in [4.78, 5) is 23.6. The summed E-state index contributed by atoms with van der Waals surface area (Å²) in [5.41, 5.74) is 10.1. The zero-order valence-corrected chi connectivity index (χ0v) is 16.4. The Labute approximate surface area is 172 Å². The maximum Gasteiger partial charge on any atom is 0.311 e. The highest BCUT2D eigenvalue weighted by atomic mass is 16.6. The van der Waals surface area contributed by atoms with Gasteiger partial charge in [-0.05, 0) is 25.8 Å². The molecular weight excluding hydrogens is 382 g/mol. The van der Waals surface area contributed by atoms with Crippen molar-refractivity contribution in [3.63, 3.8) is 0 Å². The van der Waals surface area contributed by atoms with Crippen molar-refractivity contribution >= 4 is 23.1 Å². The van der Waals surface area contributed by atoms with Crippen LogP contribution in [0.3, 0.4) is 0 Å². The summed E-state index contributed by atoms with van der Waals surface area (Å²) in [6.45, 7) is 2.70.